The lowest BCUT2D eigenvalue weighted by atomic mass is 10.1. The number of ketones is 1. The van der Waals surface area contributed by atoms with Crippen molar-refractivity contribution in [1.29, 1.82) is 0 Å². The second-order valence-electron chi connectivity index (χ2n) is 3.92. The highest BCUT2D eigenvalue weighted by molar-refractivity contribution is 7.86. The number of carbonyl (C=O) groups is 2. The largest absolute Gasteiger partial charge is 0.324 e. The van der Waals surface area contributed by atoms with Crippen molar-refractivity contribution in [3.63, 3.8) is 0 Å². The topological polar surface area (TPSA) is 63.2 Å². The Labute approximate surface area is 102 Å². The summed E-state index contributed by atoms with van der Waals surface area (Å²) >= 11 is 0. The normalized spacial score (nSPS) is 22.8. The standard InChI is InChI=1S/C12H13NO3S/c1-3-10(14)8-4-5-11-9(6-8)13-12(15)7(2)17(11)16/h4-7H,3H2,1-2H3,(H,13,15). The Morgan fingerprint density at radius 1 is 1.47 bits per heavy atom. The Hall–Kier alpha value is -1.49. The molecular weight excluding hydrogens is 238 g/mol. The smallest absolute Gasteiger partial charge is 0.240 e. The number of rotatable bonds is 2. The summed E-state index contributed by atoms with van der Waals surface area (Å²) in [6, 6.07) is 4.92. The second kappa shape index (κ2) is 4.41. The Bertz CT molecular complexity index is 524. The summed E-state index contributed by atoms with van der Waals surface area (Å²) in [5.74, 6) is -0.261. The lowest BCUT2D eigenvalue weighted by Gasteiger charge is -2.21. The maximum Gasteiger partial charge on any atom is 0.240 e. The van der Waals surface area contributed by atoms with Crippen LogP contribution in [0.5, 0.6) is 0 Å². The quantitative estimate of drug-likeness (QED) is 0.814. The predicted octanol–water partition coefficient (Wildman–Crippen LogP) is 1.73. The fourth-order valence-electron chi connectivity index (χ4n) is 1.70. The first-order valence-corrected chi connectivity index (χ1v) is 6.64. The van der Waals surface area contributed by atoms with E-state index in [1.165, 1.54) is 0 Å². The van der Waals surface area contributed by atoms with E-state index in [0.717, 1.165) is 0 Å². The van der Waals surface area contributed by atoms with Crippen molar-refractivity contribution in [3.8, 4) is 0 Å². The number of fused-ring (bicyclic) bond motifs is 1. The molecule has 1 aliphatic rings. The first-order chi connectivity index (χ1) is 8.04. The molecule has 1 aromatic carbocycles. The van der Waals surface area contributed by atoms with Gasteiger partial charge in [-0.05, 0) is 19.1 Å². The van der Waals surface area contributed by atoms with Crippen molar-refractivity contribution >= 4 is 28.2 Å². The Balaban J connectivity index is 2.47. The molecule has 2 atom stereocenters. The van der Waals surface area contributed by atoms with Gasteiger partial charge in [0.1, 0.15) is 5.25 Å². The highest BCUT2D eigenvalue weighted by Crippen LogP contribution is 2.28. The zero-order chi connectivity index (χ0) is 12.6. The third-order valence-electron chi connectivity index (χ3n) is 2.79. The summed E-state index contributed by atoms with van der Waals surface area (Å²) < 4.78 is 11.9. The van der Waals surface area contributed by atoms with Gasteiger partial charge in [0.05, 0.1) is 21.4 Å². The number of nitrogens with one attached hydrogen (secondary N) is 1. The molecule has 1 amide bonds. The zero-order valence-corrected chi connectivity index (χ0v) is 10.5. The van der Waals surface area contributed by atoms with E-state index in [1.54, 1.807) is 32.0 Å². The van der Waals surface area contributed by atoms with Gasteiger partial charge in [-0.1, -0.05) is 13.0 Å². The molecule has 4 nitrogen and oxygen atoms in total. The summed E-state index contributed by atoms with van der Waals surface area (Å²) in [7, 11) is -1.34. The van der Waals surface area contributed by atoms with E-state index in [0.29, 0.717) is 22.6 Å². The molecule has 0 aliphatic carbocycles. The summed E-state index contributed by atoms with van der Waals surface area (Å²) in [4.78, 5) is 23.7. The third-order valence-corrected chi connectivity index (χ3v) is 4.43. The first kappa shape index (κ1) is 12.0. The fourth-order valence-corrected chi connectivity index (χ4v) is 2.87. The van der Waals surface area contributed by atoms with Crippen molar-refractivity contribution in [2.45, 2.75) is 30.4 Å². The molecule has 0 saturated carbocycles. The second-order valence-corrected chi connectivity index (χ2v) is 5.66. The molecule has 2 unspecified atom stereocenters. The first-order valence-electron chi connectivity index (χ1n) is 5.43. The Morgan fingerprint density at radius 3 is 2.82 bits per heavy atom. The predicted molar refractivity (Wildman–Crippen MR) is 65.6 cm³/mol. The zero-order valence-electron chi connectivity index (χ0n) is 9.65. The van der Waals surface area contributed by atoms with Gasteiger partial charge in [0.2, 0.25) is 5.91 Å². The molecule has 90 valence electrons. The molecule has 17 heavy (non-hydrogen) atoms. The molecule has 5 heteroatoms. The Morgan fingerprint density at radius 2 is 2.18 bits per heavy atom. The summed E-state index contributed by atoms with van der Waals surface area (Å²) in [6.07, 6.45) is 0.409. The van der Waals surface area contributed by atoms with Crippen molar-refractivity contribution in [3.05, 3.63) is 23.8 Å². The summed E-state index contributed by atoms with van der Waals surface area (Å²) in [5.41, 5.74) is 1.03. The number of benzene rings is 1. The monoisotopic (exact) mass is 251 g/mol. The van der Waals surface area contributed by atoms with Gasteiger partial charge in [0.25, 0.3) is 0 Å². The molecule has 0 aromatic heterocycles. The molecule has 0 spiro atoms. The molecule has 2 rings (SSSR count). The van der Waals surface area contributed by atoms with Gasteiger partial charge in [-0.2, -0.15) is 0 Å². The third kappa shape index (κ3) is 2.02. The van der Waals surface area contributed by atoms with Crippen molar-refractivity contribution < 1.29 is 13.8 Å². The number of carbonyl (C=O) groups excluding carboxylic acids is 2. The van der Waals surface area contributed by atoms with E-state index in [2.05, 4.69) is 5.32 Å². The molecule has 0 radical (unpaired) electrons. The van der Waals surface area contributed by atoms with Crippen molar-refractivity contribution in [2.24, 2.45) is 0 Å². The van der Waals surface area contributed by atoms with Crippen LogP contribution in [0.3, 0.4) is 0 Å². The maximum absolute atomic E-state index is 11.9. The number of amides is 1. The summed E-state index contributed by atoms with van der Waals surface area (Å²) in [6.45, 7) is 3.40. The van der Waals surface area contributed by atoms with Crippen molar-refractivity contribution in [1.82, 2.24) is 0 Å². The van der Waals surface area contributed by atoms with Crippen LogP contribution in [-0.4, -0.2) is 21.1 Å². The molecule has 1 aromatic rings. The van der Waals surface area contributed by atoms with Crippen LogP contribution in [0.25, 0.3) is 0 Å². The van der Waals surface area contributed by atoms with E-state index < -0.39 is 16.0 Å². The van der Waals surface area contributed by atoms with E-state index in [4.69, 9.17) is 0 Å². The average Bonchev–Trinajstić information content (AvgIpc) is 2.34. The molecule has 1 heterocycles. The van der Waals surface area contributed by atoms with Crippen LogP contribution in [0.15, 0.2) is 23.1 Å². The van der Waals surface area contributed by atoms with Crippen LogP contribution in [0, 0.1) is 0 Å². The van der Waals surface area contributed by atoms with E-state index in [-0.39, 0.29) is 11.7 Å². The number of anilines is 1. The Kier molecular flexibility index (Phi) is 3.11. The minimum Gasteiger partial charge on any atom is -0.324 e. The highest BCUT2D eigenvalue weighted by Gasteiger charge is 2.29. The van der Waals surface area contributed by atoms with Crippen LogP contribution < -0.4 is 5.32 Å². The van der Waals surface area contributed by atoms with E-state index >= 15 is 0 Å². The van der Waals surface area contributed by atoms with Crippen LogP contribution in [0.4, 0.5) is 5.69 Å². The van der Waals surface area contributed by atoms with Gasteiger partial charge in [0, 0.05) is 12.0 Å². The maximum atomic E-state index is 11.9. The molecule has 1 N–H and O–H groups in total. The lowest BCUT2D eigenvalue weighted by molar-refractivity contribution is -0.115. The number of hydrogen-bond acceptors (Lipinski definition) is 3. The van der Waals surface area contributed by atoms with Gasteiger partial charge >= 0.3 is 0 Å². The minimum absolute atomic E-state index is 0.00598. The van der Waals surface area contributed by atoms with E-state index in [1.807, 2.05) is 0 Å². The van der Waals surface area contributed by atoms with Gasteiger partial charge in [-0.25, -0.2) is 0 Å². The highest BCUT2D eigenvalue weighted by atomic mass is 32.2. The van der Waals surface area contributed by atoms with Crippen LogP contribution >= 0.6 is 0 Å². The molecule has 1 aliphatic heterocycles. The van der Waals surface area contributed by atoms with Gasteiger partial charge in [0.15, 0.2) is 5.78 Å². The number of hydrogen-bond donors (Lipinski definition) is 1. The van der Waals surface area contributed by atoms with E-state index in [9.17, 15) is 13.8 Å². The van der Waals surface area contributed by atoms with Gasteiger partial charge in [-0.3, -0.25) is 13.8 Å². The lowest BCUT2D eigenvalue weighted by Crippen LogP contribution is -2.34. The molecular formula is C12H13NO3S. The van der Waals surface area contributed by atoms with Crippen LogP contribution in [-0.2, 0) is 15.6 Å². The SMILES string of the molecule is CCC(=O)c1ccc2c(c1)NC(=O)C(C)S2=O. The van der Waals surface area contributed by atoms with Gasteiger partial charge in [-0.15, -0.1) is 0 Å². The van der Waals surface area contributed by atoms with Crippen LogP contribution in [0.1, 0.15) is 30.6 Å². The minimum atomic E-state index is -1.34. The average molecular weight is 251 g/mol. The van der Waals surface area contributed by atoms with Crippen LogP contribution in [0.2, 0.25) is 0 Å². The van der Waals surface area contributed by atoms with Gasteiger partial charge < -0.3 is 5.32 Å². The molecule has 0 saturated heterocycles. The number of Topliss-reactive ketones (excluding diaryl/α,β-unsaturated/α-hetero) is 1. The fraction of sp³-hybridized carbons (Fsp3) is 0.333. The van der Waals surface area contributed by atoms with Crippen molar-refractivity contribution in [2.75, 3.05) is 5.32 Å². The summed E-state index contributed by atoms with van der Waals surface area (Å²) in [5, 5.41) is 2.13. The molecule has 0 bridgehead atoms. The molecule has 0 fully saturated rings.